The molecule has 0 spiro atoms. The summed E-state index contributed by atoms with van der Waals surface area (Å²) in [6, 6.07) is 7.79. The molecule has 0 fully saturated rings. The van der Waals surface area contributed by atoms with E-state index in [9.17, 15) is 4.79 Å². The average Bonchev–Trinajstić information content (AvgIpc) is 2.36. The first kappa shape index (κ1) is 14.3. The molecule has 0 N–H and O–H groups in total. The minimum atomic E-state index is -0.343. The molecule has 0 aromatic heterocycles. The molecule has 1 aromatic carbocycles. The van der Waals surface area contributed by atoms with Crippen LogP contribution in [0.2, 0.25) is 0 Å². The summed E-state index contributed by atoms with van der Waals surface area (Å²) in [6.07, 6.45) is 1.33. The highest BCUT2D eigenvalue weighted by molar-refractivity contribution is 5.69. The van der Waals surface area contributed by atoms with Crippen LogP contribution in [0.5, 0.6) is 5.75 Å². The normalized spacial score (nSPS) is 9.83. The van der Waals surface area contributed by atoms with E-state index < -0.39 is 0 Å². The quantitative estimate of drug-likeness (QED) is 0.404. The van der Waals surface area contributed by atoms with Gasteiger partial charge in [0.15, 0.2) is 0 Å². The highest BCUT2D eigenvalue weighted by Crippen LogP contribution is 2.15. The van der Waals surface area contributed by atoms with Crippen LogP contribution in [-0.2, 0) is 14.3 Å². The molecule has 0 radical (unpaired) electrons. The van der Waals surface area contributed by atoms with Crippen LogP contribution in [0.3, 0.4) is 0 Å². The number of para-hydroxylation sites is 1. The summed E-state index contributed by atoms with van der Waals surface area (Å²) in [4.78, 5) is 10.9. The number of rotatable bonds is 8. The van der Waals surface area contributed by atoms with Crippen LogP contribution < -0.4 is 4.74 Å². The van der Waals surface area contributed by atoms with Gasteiger partial charge in [-0.05, 0) is 18.6 Å². The first-order chi connectivity index (χ1) is 8.74. The Hall–Kier alpha value is -1.81. The molecule has 0 atom stereocenters. The maximum Gasteiger partial charge on any atom is 0.312 e. The SMILES string of the molecule is C=COC(=O)CCOCCOc1ccccc1C. The molecular formula is C14H18O4. The minimum Gasteiger partial charge on any atom is -0.491 e. The van der Waals surface area contributed by atoms with Crippen molar-refractivity contribution in [1.29, 1.82) is 0 Å². The summed E-state index contributed by atoms with van der Waals surface area (Å²) in [5.41, 5.74) is 1.09. The molecule has 0 aliphatic heterocycles. The lowest BCUT2D eigenvalue weighted by atomic mass is 10.2. The third-order valence-electron chi connectivity index (χ3n) is 2.24. The van der Waals surface area contributed by atoms with Crippen molar-refractivity contribution in [3.63, 3.8) is 0 Å². The number of carbonyl (C=O) groups excluding carboxylic acids is 1. The molecule has 0 amide bonds. The van der Waals surface area contributed by atoms with Gasteiger partial charge < -0.3 is 14.2 Å². The molecule has 0 heterocycles. The molecule has 0 saturated carbocycles. The zero-order chi connectivity index (χ0) is 13.2. The zero-order valence-electron chi connectivity index (χ0n) is 10.6. The Morgan fingerprint density at radius 2 is 2.06 bits per heavy atom. The number of hydrogen-bond acceptors (Lipinski definition) is 4. The van der Waals surface area contributed by atoms with Gasteiger partial charge >= 0.3 is 5.97 Å². The van der Waals surface area contributed by atoms with Crippen molar-refractivity contribution in [3.05, 3.63) is 42.7 Å². The summed E-state index contributed by atoms with van der Waals surface area (Å²) >= 11 is 0. The minimum absolute atomic E-state index is 0.219. The van der Waals surface area contributed by atoms with Crippen LogP contribution in [0.15, 0.2) is 37.1 Å². The Morgan fingerprint density at radius 3 is 2.78 bits per heavy atom. The van der Waals surface area contributed by atoms with Gasteiger partial charge in [-0.1, -0.05) is 24.8 Å². The van der Waals surface area contributed by atoms with Crippen molar-refractivity contribution in [2.45, 2.75) is 13.3 Å². The Morgan fingerprint density at radius 1 is 1.28 bits per heavy atom. The summed E-state index contributed by atoms with van der Waals surface area (Å²) < 4.78 is 15.3. The molecule has 0 unspecified atom stereocenters. The van der Waals surface area contributed by atoms with Crippen LogP contribution in [0.25, 0.3) is 0 Å². The fraction of sp³-hybridized carbons (Fsp3) is 0.357. The van der Waals surface area contributed by atoms with Crippen molar-refractivity contribution in [2.24, 2.45) is 0 Å². The van der Waals surface area contributed by atoms with Crippen molar-refractivity contribution in [2.75, 3.05) is 19.8 Å². The highest BCUT2D eigenvalue weighted by Gasteiger charge is 2.01. The van der Waals surface area contributed by atoms with Crippen LogP contribution in [0.4, 0.5) is 0 Å². The van der Waals surface area contributed by atoms with E-state index in [-0.39, 0.29) is 12.4 Å². The fourth-order valence-corrected chi connectivity index (χ4v) is 1.34. The number of ether oxygens (including phenoxy) is 3. The van der Waals surface area contributed by atoms with E-state index in [1.165, 1.54) is 0 Å². The van der Waals surface area contributed by atoms with Crippen molar-refractivity contribution < 1.29 is 19.0 Å². The van der Waals surface area contributed by atoms with E-state index >= 15 is 0 Å². The van der Waals surface area contributed by atoms with E-state index in [0.717, 1.165) is 17.6 Å². The summed E-state index contributed by atoms with van der Waals surface area (Å²) in [5.74, 6) is 0.511. The van der Waals surface area contributed by atoms with Gasteiger partial charge in [0.25, 0.3) is 0 Å². The summed E-state index contributed by atoms with van der Waals surface area (Å²) in [5, 5.41) is 0. The molecule has 0 bridgehead atoms. The van der Waals surface area contributed by atoms with Crippen molar-refractivity contribution >= 4 is 5.97 Å². The zero-order valence-corrected chi connectivity index (χ0v) is 10.6. The number of aryl methyl sites for hydroxylation is 1. The van der Waals surface area contributed by atoms with Crippen LogP contribution in [-0.4, -0.2) is 25.8 Å². The van der Waals surface area contributed by atoms with Gasteiger partial charge in [0, 0.05) is 0 Å². The molecule has 4 heteroatoms. The highest BCUT2D eigenvalue weighted by atomic mass is 16.5. The molecule has 18 heavy (non-hydrogen) atoms. The molecule has 0 aliphatic rings. The lowest BCUT2D eigenvalue weighted by molar-refractivity contribution is -0.139. The molecule has 4 nitrogen and oxygen atoms in total. The van der Waals surface area contributed by atoms with Gasteiger partial charge in [0.05, 0.1) is 25.9 Å². The van der Waals surface area contributed by atoms with Gasteiger partial charge in [-0.3, -0.25) is 4.79 Å². The van der Waals surface area contributed by atoms with E-state index in [2.05, 4.69) is 11.3 Å². The van der Waals surface area contributed by atoms with Gasteiger partial charge in [-0.2, -0.15) is 0 Å². The Balaban J connectivity index is 2.07. The number of benzene rings is 1. The Kier molecular flexibility index (Phi) is 6.58. The standard InChI is InChI=1S/C14H18O4/c1-3-17-14(15)8-9-16-10-11-18-13-7-5-4-6-12(13)2/h3-7H,1,8-11H2,2H3. The Bertz CT molecular complexity index is 387. The lowest BCUT2D eigenvalue weighted by Crippen LogP contribution is -2.10. The van der Waals surface area contributed by atoms with Crippen LogP contribution in [0, 0.1) is 6.92 Å². The fourth-order valence-electron chi connectivity index (χ4n) is 1.34. The van der Waals surface area contributed by atoms with Gasteiger partial charge in [-0.25, -0.2) is 0 Å². The summed E-state index contributed by atoms with van der Waals surface area (Å²) in [7, 11) is 0. The second kappa shape index (κ2) is 8.31. The van der Waals surface area contributed by atoms with E-state index in [1.54, 1.807) is 0 Å². The molecule has 1 rings (SSSR count). The smallest absolute Gasteiger partial charge is 0.312 e. The van der Waals surface area contributed by atoms with Crippen molar-refractivity contribution in [1.82, 2.24) is 0 Å². The second-order valence-electron chi connectivity index (χ2n) is 3.63. The molecule has 0 saturated heterocycles. The van der Waals surface area contributed by atoms with Crippen molar-refractivity contribution in [3.8, 4) is 5.75 Å². The maximum absolute atomic E-state index is 10.9. The second-order valence-corrected chi connectivity index (χ2v) is 3.63. The molecule has 98 valence electrons. The molecular weight excluding hydrogens is 232 g/mol. The number of hydrogen-bond donors (Lipinski definition) is 0. The largest absolute Gasteiger partial charge is 0.491 e. The first-order valence-corrected chi connectivity index (χ1v) is 5.80. The number of esters is 1. The molecule has 1 aromatic rings. The van der Waals surface area contributed by atoms with E-state index in [4.69, 9.17) is 9.47 Å². The third-order valence-corrected chi connectivity index (χ3v) is 2.24. The summed E-state index contributed by atoms with van der Waals surface area (Å²) in [6.45, 7) is 6.51. The van der Waals surface area contributed by atoms with Crippen LogP contribution in [0.1, 0.15) is 12.0 Å². The third kappa shape index (κ3) is 5.50. The van der Waals surface area contributed by atoms with Gasteiger partial charge in [-0.15, -0.1) is 0 Å². The Labute approximate surface area is 107 Å². The number of carbonyl (C=O) groups is 1. The van der Waals surface area contributed by atoms with Gasteiger partial charge in [0.1, 0.15) is 12.4 Å². The monoisotopic (exact) mass is 250 g/mol. The lowest BCUT2D eigenvalue weighted by Gasteiger charge is -2.08. The van der Waals surface area contributed by atoms with Crippen LogP contribution >= 0.6 is 0 Å². The van der Waals surface area contributed by atoms with Gasteiger partial charge in [0.2, 0.25) is 0 Å². The van der Waals surface area contributed by atoms with E-state index in [0.29, 0.717) is 19.8 Å². The molecule has 0 aliphatic carbocycles. The predicted molar refractivity (Wildman–Crippen MR) is 68.4 cm³/mol. The average molecular weight is 250 g/mol. The predicted octanol–water partition coefficient (Wildman–Crippen LogP) is 2.47. The van der Waals surface area contributed by atoms with E-state index in [1.807, 2.05) is 31.2 Å². The first-order valence-electron chi connectivity index (χ1n) is 5.80. The maximum atomic E-state index is 10.9. The topological polar surface area (TPSA) is 44.8 Å².